The van der Waals surface area contributed by atoms with E-state index in [1.54, 1.807) is 0 Å². The van der Waals surface area contributed by atoms with Gasteiger partial charge in [0.05, 0.1) is 12.6 Å². The highest BCUT2D eigenvalue weighted by Crippen LogP contribution is 2.27. The lowest BCUT2D eigenvalue weighted by molar-refractivity contribution is -0.121. The number of carbonyl (C=O) groups excluding carboxylic acids is 1. The summed E-state index contributed by atoms with van der Waals surface area (Å²) in [6.45, 7) is 3.43. The number of carbonyl (C=O) groups is 1. The van der Waals surface area contributed by atoms with Gasteiger partial charge in [-0.3, -0.25) is 4.79 Å². The van der Waals surface area contributed by atoms with Crippen LogP contribution in [-0.2, 0) is 4.79 Å². The van der Waals surface area contributed by atoms with Crippen LogP contribution in [0.3, 0.4) is 0 Å². The summed E-state index contributed by atoms with van der Waals surface area (Å²) in [5.41, 5.74) is 1.10. The quantitative estimate of drug-likeness (QED) is 0.810. The molecule has 2 rings (SSSR count). The smallest absolute Gasteiger partial charge is 0.234 e. The predicted molar refractivity (Wildman–Crippen MR) is 85.5 cm³/mol. The Balaban J connectivity index is 0.00000200. The fourth-order valence-electron chi connectivity index (χ4n) is 2.07. The van der Waals surface area contributed by atoms with E-state index in [4.69, 9.17) is 11.6 Å². The lowest BCUT2D eigenvalue weighted by atomic mass is 10.0. The zero-order chi connectivity index (χ0) is 13.7. The van der Waals surface area contributed by atoms with Gasteiger partial charge in [0, 0.05) is 5.02 Å². The van der Waals surface area contributed by atoms with Crippen LogP contribution in [0.15, 0.2) is 24.3 Å². The van der Waals surface area contributed by atoms with Crippen LogP contribution in [0.1, 0.15) is 37.8 Å². The Labute approximate surface area is 131 Å². The number of rotatable bonds is 7. The summed E-state index contributed by atoms with van der Waals surface area (Å²) in [6, 6.07) is 7.71. The van der Waals surface area contributed by atoms with E-state index in [2.05, 4.69) is 17.6 Å². The average molecular weight is 317 g/mol. The van der Waals surface area contributed by atoms with Crippen molar-refractivity contribution >= 4 is 29.9 Å². The van der Waals surface area contributed by atoms with E-state index in [1.807, 2.05) is 24.3 Å². The predicted octanol–water partition coefficient (Wildman–Crippen LogP) is 3.33. The average Bonchev–Trinajstić information content (AvgIpc) is 3.21. The minimum absolute atomic E-state index is 0. The fraction of sp³-hybridized carbons (Fsp3) is 0.533. The first kappa shape index (κ1) is 17.3. The Bertz CT molecular complexity index is 418. The van der Waals surface area contributed by atoms with Crippen LogP contribution in [0, 0.1) is 5.92 Å². The molecule has 0 heterocycles. The molecule has 1 unspecified atom stereocenters. The molecule has 1 atom stereocenters. The maximum absolute atomic E-state index is 11.9. The molecular weight excluding hydrogens is 295 g/mol. The first-order chi connectivity index (χ1) is 9.19. The van der Waals surface area contributed by atoms with Gasteiger partial charge in [-0.15, -0.1) is 12.4 Å². The molecule has 5 heteroatoms. The second kappa shape index (κ2) is 8.50. The van der Waals surface area contributed by atoms with Gasteiger partial charge in [0.1, 0.15) is 0 Å². The van der Waals surface area contributed by atoms with Gasteiger partial charge in [0.25, 0.3) is 0 Å². The molecule has 0 spiro atoms. The maximum atomic E-state index is 11.9. The molecule has 1 aliphatic rings. The molecule has 1 saturated carbocycles. The molecular formula is C15H22Cl2N2O. The molecule has 1 aromatic carbocycles. The molecule has 1 amide bonds. The minimum atomic E-state index is 0. The van der Waals surface area contributed by atoms with Gasteiger partial charge in [-0.1, -0.05) is 30.7 Å². The second-order valence-corrected chi connectivity index (χ2v) is 5.59. The van der Waals surface area contributed by atoms with Crippen LogP contribution in [0.2, 0.25) is 5.02 Å². The van der Waals surface area contributed by atoms with Gasteiger partial charge in [0.15, 0.2) is 0 Å². The van der Waals surface area contributed by atoms with E-state index >= 15 is 0 Å². The van der Waals surface area contributed by atoms with Crippen molar-refractivity contribution in [3.8, 4) is 0 Å². The van der Waals surface area contributed by atoms with E-state index in [9.17, 15) is 4.79 Å². The van der Waals surface area contributed by atoms with E-state index in [0.29, 0.717) is 6.54 Å². The molecule has 0 aliphatic heterocycles. The summed E-state index contributed by atoms with van der Waals surface area (Å²) in [5.74, 6) is 0.855. The molecule has 0 radical (unpaired) electrons. The van der Waals surface area contributed by atoms with Crippen LogP contribution < -0.4 is 10.6 Å². The summed E-state index contributed by atoms with van der Waals surface area (Å²) in [6.07, 6.45) is 3.48. The molecule has 1 aliphatic carbocycles. The zero-order valence-electron chi connectivity index (χ0n) is 11.7. The molecule has 20 heavy (non-hydrogen) atoms. The normalized spacial score (nSPS) is 15.3. The second-order valence-electron chi connectivity index (χ2n) is 5.15. The summed E-state index contributed by atoms with van der Waals surface area (Å²) in [5, 5.41) is 6.97. The number of nitrogens with one attached hydrogen (secondary N) is 2. The number of hydrogen-bond donors (Lipinski definition) is 2. The van der Waals surface area contributed by atoms with E-state index in [1.165, 1.54) is 12.8 Å². The van der Waals surface area contributed by atoms with Gasteiger partial charge < -0.3 is 10.6 Å². The minimum Gasteiger partial charge on any atom is -0.348 e. The standard InChI is InChI=1S/C15H21ClN2O.ClH/c1-2-14(12-5-7-13(16)8-6-12)18-15(19)10-17-9-11-3-4-11;/h5-8,11,14,17H,2-4,9-10H2,1H3,(H,18,19);1H. The van der Waals surface area contributed by atoms with Crippen LogP contribution in [0.25, 0.3) is 0 Å². The lowest BCUT2D eigenvalue weighted by Crippen LogP contribution is -2.36. The third-order valence-electron chi connectivity index (χ3n) is 3.43. The third-order valence-corrected chi connectivity index (χ3v) is 3.68. The van der Waals surface area contributed by atoms with Crippen molar-refractivity contribution in [3.63, 3.8) is 0 Å². The van der Waals surface area contributed by atoms with Crippen LogP contribution in [-0.4, -0.2) is 19.0 Å². The zero-order valence-corrected chi connectivity index (χ0v) is 13.3. The van der Waals surface area contributed by atoms with Crippen molar-refractivity contribution in [2.24, 2.45) is 5.92 Å². The number of hydrogen-bond acceptors (Lipinski definition) is 2. The molecule has 2 N–H and O–H groups in total. The highest BCUT2D eigenvalue weighted by molar-refractivity contribution is 6.30. The largest absolute Gasteiger partial charge is 0.348 e. The van der Waals surface area contributed by atoms with Gasteiger partial charge in [-0.05, 0) is 49.4 Å². The Hall–Kier alpha value is -0.770. The molecule has 1 fully saturated rings. The maximum Gasteiger partial charge on any atom is 0.234 e. The molecule has 1 aromatic rings. The topological polar surface area (TPSA) is 41.1 Å². The van der Waals surface area contributed by atoms with Crippen LogP contribution >= 0.6 is 24.0 Å². The number of halogens is 2. The van der Waals surface area contributed by atoms with Gasteiger partial charge in [-0.2, -0.15) is 0 Å². The van der Waals surface area contributed by atoms with Crippen LogP contribution in [0.4, 0.5) is 0 Å². The Morgan fingerprint density at radius 3 is 2.55 bits per heavy atom. The van der Waals surface area contributed by atoms with Crippen molar-refractivity contribution in [1.29, 1.82) is 0 Å². The van der Waals surface area contributed by atoms with E-state index in [-0.39, 0.29) is 24.4 Å². The number of benzene rings is 1. The summed E-state index contributed by atoms with van der Waals surface area (Å²) in [7, 11) is 0. The lowest BCUT2D eigenvalue weighted by Gasteiger charge is -2.17. The third kappa shape index (κ3) is 5.70. The van der Waals surface area contributed by atoms with E-state index < -0.39 is 0 Å². The highest BCUT2D eigenvalue weighted by atomic mass is 35.5. The SMILES string of the molecule is CCC(NC(=O)CNCC1CC1)c1ccc(Cl)cc1.Cl. The van der Waals surface area contributed by atoms with Crippen molar-refractivity contribution < 1.29 is 4.79 Å². The van der Waals surface area contributed by atoms with E-state index in [0.717, 1.165) is 29.5 Å². The number of amides is 1. The van der Waals surface area contributed by atoms with Crippen molar-refractivity contribution in [2.45, 2.75) is 32.2 Å². The molecule has 3 nitrogen and oxygen atoms in total. The van der Waals surface area contributed by atoms with Crippen molar-refractivity contribution in [2.75, 3.05) is 13.1 Å². The molecule has 0 saturated heterocycles. The molecule has 0 aromatic heterocycles. The van der Waals surface area contributed by atoms with Gasteiger partial charge >= 0.3 is 0 Å². The summed E-state index contributed by atoms with van der Waals surface area (Å²) < 4.78 is 0. The van der Waals surface area contributed by atoms with Gasteiger partial charge in [0.2, 0.25) is 5.91 Å². The van der Waals surface area contributed by atoms with Crippen molar-refractivity contribution in [1.82, 2.24) is 10.6 Å². The Morgan fingerprint density at radius 1 is 1.35 bits per heavy atom. The summed E-state index contributed by atoms with van der Waals surface area (Å²) in [4.78, 5) is 11.9. The van der Waals surface area contributed by atoms with Crippen molar-refractivity contribution in [3.05, 3.63) is 34.9 Å². The monoisotopic (exact) mass is 316 g/mol. The fourth-order valence-corrected chi connectivity index (χ4v) is 2.20. The Morgan fingerprint density at radius 2 is 2.00 bits per heavy atom. The summed E-state index contributed by atoms with van der Waals surface area (Å²) >= 11 is 5.87. The first-order valence-corrected chi connectivity index (χ1v) is 7.32. The first-order valence-electron chi connectivity index (χ1n) is 6.94. The van der Waals surface area contributed by atoms with Gasteiger partial charge in [-0.25, -0.2) is 0 Å². The molecule has 112 valence electrons. The Kier molecular flexibility index (Phi) is 7.35. The van der Waals surface area contributed by atoms with Crippen LogP contribution in [0.5, 0.6) is 0 Å². The highest BCUT2D eigenvalue weighted by Gasteiger charge is 2.21. The molecule has 0 bridgehead atoms.